The van der Waals surface area contributed by atoms with Crippen LogP contribution < -0.4 is 11.1 Å². The van der Waals surface area contributed by atoms with E-state index >= 15 is 0 Å². The van der Waals surface area contributed by atoms with E-state index in [0.717, 1.165) is 39.7 Å². The molecule has 0 spiro atoms. The Balaban J connectivity index is 2.15. The van der Waals surface area contributed by atoms with Crippen LogP contribution in [0.2, 0.25) is 0 Å². The fourth-order valence-corrected chi connectivity index (χ4v) is 3.42. The third kappa shape index (κ3) is 4.17. The molecule has 27 heavy (non-hydrogen) atoms. The molecule has 1 heterocycles. The summed E-state index contributed by atoms with van der Waals surface area (Å²) in [6.45, 7) is -0.345. The summed E-state index contributed by atoms with van der Waals surface area (Å²) in [5, 5.41) is 4.17. The fourth-order valence-electron chi connectivity index (χ4n) is 3.29. The van der Waals surface area contributed by atoms with Gasteiger partial charge in [-0.1, -0.05) is 42.5 Å². The van der Waals surface area contributed by atoms with Crippen LogP contribution in [0.15, 0.2) is 48.7 Å². The summed E-state index contributed by atoms with van der Waals surface area (Å²) in [6, 6.07) is 13.9. The molecule has 0 amide bonds. The lowest BCUT2D eigenvalue weighted by molar-refractivity contribution is 0.265. The molecule has 0 radical (unpaired) electrons. The smallest absolute Gasteiger partial charge is 0.104 e. The minimum absolute atomic E-state index is 0.293. The highest BCUT2D eigenvalue weighted by Gasteiger charge is 2.15. The zero-order valence-electron chi connectivity index (χ0n) is 15.2. The molecule has 3 nitrogen and oxygen atoms in total. The first-order chi connectivity index (χ1) is 13.1. The number of nitrogens with zero attached hydrogens (tertiary/aromatic N) is 1. The lowest BCUT2D eigenvalue weighted by atomic mass is 10.0. The van der Waals surface area contributed by atoms with E-state index in [-0.39, 0.29) is 0 Å². The highest BCUT2D eigenvalue weighted by molar-refractivity contribution is 7.80. The standard InChI is InChI=1S/C21H23F2N3S/c1-25-11-14-5-6-18-19(16-3-2-4-17(8-16)21(24)27)13-26(20(18)7-14)12-15(9-22)10-23/h2-8,13,15,25H,9-12H2,1H3,(H2,24,27). The SMILES string of the molecule is CNCc1ccc2c(-c3cccc(C(N)=S)c3)cn(CC(CF)CF)c2c1. The molecule has 0 aliphatic heterocycles. The van der Waals surface area contributed by atoms with Crippen LogP contribution in [0.3, 0.4) is 0 Å². The topological polar surface area (TPSA) is 43.0 Å². The lowest BCUT2D eigenvalue weighted by Crippen LogP contribution is -2.14. The van der Waals surface area contributed by atoms with Crippen molar-refractivity contribution in [3.8, 4) is 11.1 Å². The molecule has 3 rings (SSSR count). The molecule has 3 aromatic rings. The van der Waals surface area contributed by atoms with Gasteiger partial charge in [0.25, 0.3) is 0 Å². The van der Waals surface area contributed by atoms with Crippen LogP contribution in [0, 0.1) is 5.92 Å². The molecule has 0 aliphatic carbocycles. The third-order valence-electron chi connectivity index (χ3n) is 4.68. The Morgan fingerprint density at radius 1 is 1.19 bits per heavy atom. The Morgan fingerprint density at radius 2 is 1.96 bits per heavy atom. The summed E-state index contributed by atoms with van der Waals surface area (Å²) in [5.74, 6) is -0.649. The monoisotopic (exact) mass is 387 g/mol. The first kappa shape index (κ1) is 19.5. The summed E-state index contributed by atoms with van der Waals surface area (Å²) in [5.41, 5.74) is 10.6. The van der Waals surface area contributed by atoms with Crippen molar-refractivity contribution in [2.45, 2.75) is 13.1 Å². The van der Waals surface area contributed by atoms with Gasteiger partial charge in [-0.05, 0) is 30.3 Å². The van der Waals surface area contributed by atoms with E-state index in [9.17, 15) is 8.78 Å². The van der Waals surface area contributed by atoms with E-state index < -0.39 is 19.3 Å². The van der Waals surface area contributed by atoms with E-state index in [1.54, 1.807) is 0 Å². The average Bonchev–Trinajstić information content (AvgIpc) is 3.04. The maximum absolute atomic E-state index is 13.1. The van der Waals surface area contributed by atoms with Gasteiger partial charge in [-0.25, -0.2) is 0 Å². The van der Waals surface area contributed by atoms with Gasteiger partial charge in [-0.2, -0.15) is 0 Å². The molecule has 0 bridgehead atoms. The molecule has 1 aromatic heterocycles. The number of aromatic nitrogens is 1. The van der Waals surface area contributed by atoms with Gasteiger partial charge in [0.15, 0.2) is 0 Å². The van der Waals surface area contributed by atoms with Gasteiger partial charge in [0, 0.05) is 47.2 Å². The molecule has 2 aromatic carbocycles. The van der Waals surface area contributed by atoms with Crippen molar-refractivity contribution < 1.29 is 8.78 Å². The molecule has 6 heteroatoms. The minimum Gasteiger partial charge on any atom is -0.389 e. The molecule has 0 atom stereocenters. The number of nitrogens with one attached hydrogen (secondary N) is 1. The van der Waals surface area contributed by atoms with E-state index in [2.05, 4.69) is 23.5 Å². The second-order valence-corrected chi connectivity index (χ2v) is 7.14. The average molecular weight is 387 g/mol. The predicted molar refractivity (Wildman–Crippen MR) is 111 cm³/mol. The molecule has 0 saturated heterocycles. The molecule has 0 unspecified atom stereocenters. The first-order valence-corrected chi connectivity index (χ1v) is 9.26. The van der Waals surface area contributed by atoms with Crippen LogP contribution >= 0.6 is 12.2 Å². The van der Waals surface area contributed by atoms with Gasteiger partial charge in [-0.3, -0.25) is 8.78 Å². The van der Waals surface area contributed by atoms with Crippen LogP contribution in [0.1, 0.15) is 11.1 Å². The van der Waals surface area contributed by atoms with Crippen molar-refractivity contribution in [2.75, 3.05) is 20.4 Å². The zero-order chi connectivity index (χ0) is 19.4. The Labute approximate surface area is 163 Å². The molecule has 0 aliphatic rings. The molecular formula is C21H23F2N3S. The van der Waals surface area contributed by atoms with Crippen molar-refractivity contribution in [2.24, 2.45) is 11.7 Å². The number of nitrogens with two attached hydrogens (primary N) is 1. The summed E-state index contributed by atoms with van der Waals surface area (Å²) < 4.78 is 28.2. The second-order valence-electron chi connectivity index (χ2n) is 6.70. The number of thiocarbonyl (C=S) groups is 1. The number of hydrogen-bond acceptors (Lipinski definition) is 2. The quantitative estimate of drug-likeness (QED) is 0.569. The van der Waals surface area contributed by atoms with Gasteiger partial charge in [0.1, 0.15) is 4.99 Å². The van der Waals surface area contributed by atoms with Gasteiger partial charge in [0.05, 0.1) is 13.3 Å². The minimum atomic E-state index is -0.682. The van der Waals surface area contributed by atoms with Gasteiger partial charge >= 0.3 is 0 Å². The largest absolute Gasteiger partial charge is 0.389 e. The molecular weight excluding hydrogens is 364 g/mol. The fraction of sp³-hybridized carbons (Fsp3) is 0.286. The summed E-state index contributed by atoms with van der Waals surface area (Å²) in [7, 11) is 1.89. The van der Waals surface area contributed by atoms with E-state index in [4.69, 9.17) is 18.0 Å². The molecule has 0 saturated carbocycles. The van der Waals surface area contributed by atoms with Crippen LogP contribution in [-0.2, 0) is 13.1 Å². The van der Waals surface area contributed by atoms with E-state index in [1.807, 2.05) is 42.1 Å². The molecule has 142 valence electrons. The zero-order valence-corrected chi connectivity index (χ0v) is 16.0. The van der Waals surface area contributed by atoms with Crippen LogP contribution in [0.4, 0.5) is 8.78 Å². The van der Waals surface area contributed by atoms with Gasteiger partial charge < -0.3 is 15.6 Å². The van der Waals surface area contributed by atoms with Crippen LogP contribution in [0.25, 0.3) is 22.0 Å². The Bertz CT molecular complexity index is 948. The van der Waals surface area contributed by atoms with Gasteiger partial charge in [0.2, 0.25) is 0 Å². The highest BCUT2D eigenvalue weighted by Crippen LogP contribution is 2.32. The second kappa shape index (κ2) is 8.59. The van der Waals surface area contributed by atoms with Crippen LogP contribution in [-0.4, -0.2) is 30.0 Å². The number of hydrogen-bond donors (Lipinski definition) is 2. The lowest BCUT2D eigenvalue weighted by Gasteiger charge is -2.11. The number of alkyl halides is 2. The number of rotatable bonds is 8. The summed E-state index contributed by atoms with van der Waals surface area (Å²) >= 11 is 5.09. The van der Waals surface area contributed by atoms with Crippen molar-refractivity contribution >= 4 is 28.1 Å². The summed E-state index contributed by atoms with van der Waals surface area (Å²) in [4.78, 5) is 0.340. The van der Waals surface area contributed by atoms with Crippen molar-refractivity contribution in [3.63, 3.8) is 0 Å². The normalized spacial score (nSPS) is 11.4. The van der Waals surface area contributed by atoms with E-state index in [0.29, 0.717) is 11.5 Å². The van der Waals surface area contributed by atoms with Crippen molar-refractivity contribution in [1.82, 2.24) is 9.88 Å². The number of halogens is 2. The maximum atomic E-state index is 13.1. The third-order valence-corrected chi connectivity index (χ3v) is 4.91. The van der Waals surface area contributed by atoms with Gasteiger partial charge in [-0.15, -0.1) is 0 Å². The Hall–Kier alpha value is -2.31. The maximum Gasteiger partial charge on any atom is 0.104 e. The van der Waals surface area contributed by atoms with Crippen LogP contribution in [0.5, 0.6) is 0 Å². The Morgan fingerprint density at radius 3 is 2.63 bits per heavy atom. The highest BCUT2D eigenvalue weighted by atomic mass is 32.1. The van der Waals surface area contributed by atoms with E-state index in [1.165, 1.54) is 0 Å². The Kier molecular flexibility index (Phi) is 6.19. The number of benzene rings is 2. The molecule has 0 fully saturated rings. The predicted octanol–water partition coefficient (Wildman–Crippen LogP) is 4.22. The molecule has 3 N–H and O–H groups in total. The first-order valence-electron chi connectivity index (χ1n) is 8.86. The van der Waals surface area contributed by atoms with Crippen molar-refractivity contribution in [3.05, 3.63) is 59.8 Å². The number of fused-ring (bicyclic) bond motifs is 1. The summed E-state index contributed by atoms with van der Waals surface area (Å²) in [6.07, 6.45) is 1.96. The van der Waals surface area contributed by atoms with Crippen molar-refractivity contribution in [1.29, 1.82) is 0 Å².